The van der Waals surface area contributed by atoms with Gasteiger partial charge >= 0.3 is 0 Å². The van der Waals surface area contributed by atoms with Crippen LogP contribution in [0.3, 0.4) is 0 Å². The lowest BCUT2D eigenvalue weighted by atomic mass is 9.94. The van der Waals surface area contributed by atoms with Gasteiger partial charge in [-0.15, -0.1) is 0 Å². The minimum absolute atomic E-state index is 0.0393. The maximum atomic E-state index is 11.6. The molecule has 128 valence electrons. The summed E-state index contributed by atoms with van der Waals surface area (Å²) in [6.45, 7) is 10.8. The number of anilines is 1. The third-order valence-electron chi connectivity index (χ3n) is 4.04. The van der Waals surface area contributed by atoms with Gasteiger partial charge in [-0.3, -0.25) is 9.78 Å². The molecule has 0 aromatic carbocycles. The first-order chi connectivity index (χ1) is 11.6. The van der Waals surface area contributed by atoms with E-state index in [9.17, 15) is 4.79 Å². The fourth-order valence-corrected chi connectivity index (χ4v) is 2.88. The molecule has 0 aliphatic carbocycles. The highest BCUT2D eigenvalue weighted by molar-refractivity contribution is 5.95. The highest BCUT2D eigenvalue weighted by Crippen LogP contribution is 2.29. The van der Waals surface area contributed by atoms with Crippen LogP contribution in [0.25, 0.3) is 5.57 Å². The van der Waals surface area contributed by atoms with E-state index in [1.54, 1.807) is 13.0 Å². The zero-order chi connectivity index (χ0) is 17.5. The van der Waals surface area contributed by atoms with E-state index in [0.717, 1.165) is 54.4 Å². The molecular formula is C20H26N2O2. The lowest BCUT2D eigenvalue weighted by molar-refractivity contribution is -0.112. The van der Waals surface area contributed by atoms with E-state index in [-0.39, 0.29) is 5.78 Å². The topological polar surface area (TPSA) is 42.4 Å². The standard InChI is InChI=1S/C20H26N2O2/c1-5-7-17(12-15(3)23)19(6-2)20-13-18(14-21-16(20)4)22-8-10-24-11-9-22/h5-7,12-14H,8-11H2,1-4H3/b7-5-,17-12+,19-6-. The summed E-state index contributed by atoms with van der Waals surface area (Å²) in [5, 5.41) is 0. The molecule has 4 nitrogen and oxygen atoms in total. The van der Waals surface area contributed by atoms with Crippen molar-refractivity contribution < 1.29 is 9.53 Å². The summed E-state index contributed by atoms with van der Waals surface area (Å²) in [5.74, 6) is 0.0393. The van der Waals surface area contributed by atoms with E-state index >= 15 is 0 Å². The number of allylic oxidation sites excluding steroid dienone is 6. The molecule has 1 aromatic heterocycles. The molecule has 0 saturated carbocycles. The second-order valence-electron chi connectivity index (χ2n) is 5.84. The second kappa shape index (κ2) is 8.60. The van der Waals surface area contributed by atoms with Crippen molar-refractivity contribution in [1.82, 2.24) is 4.98 Å². The lowest BCUT2D eigenvalue weighted by Gasteiger charge is -2.29. The molecule has 2 rings (SSSR count). The molecule has 0 radical (unpaired) electrons. The monoisotopic (exact) mass is 326 g/mol. The number of nitrogens with zero attached hydrogens (tertiary/aromatic N) is 2. The smallest absolute Gasteiger partial charge is 0.153 e. The van der Waals surface area contributed by atoms with Crippen LogP contribution in [0.4, 0.5) is 5.69 Å². The van der Waals surface area contributed by atoms with Gasteiger partial charge in [0.05, 0.1) is 25.1 Å². The predicted molar refractivity (Wildman–Crippen MR) is 99.2 cm³/mol. The fourth-order valence-electron chi connectivity index (χ4n) is 2.88. The van der Waals surface area contributed by atoms with Gasteiger partial charge in [-0.1, -0.05) is 18.2 Å². The van der Waals surface area contributed by atoms with E-state index in [1.807, 2.05) is 45.2 Å². The number of hydrogen-bond donors (Lipinski definition) is 0. The average Bonchev–Trinajstić information content (AvgIpc) is 2.57. The predicted octanol–water partition coefficient (Wildman–Crippen LogP) is 3.72. The van der Waals surface area contributed by atoms with Gasteiger partial charge in [0.15, 0.2) is 5.78 Å². The molecule has 1 aliphatic rings. The van der Waals surface area contributed by atoms with Gasteiger partial charge in [-0.2, -0.15) is 0 Å². The molecule has 0 atom stereocenters. The molecule has 0 amide bonds. The third kappa shape index (κ3) is 4.42. The number of morpholine rings is 1. The van der Waals surface area contributed by atoms with Crippen LogP contribution in [0.2, 0.25) is 0 Å². The molecule has 1 saturated heterocycles. The highest BCUT2D eigenvalue weighted by Gasteiger charge is 2.15. The van der Waals surface area contributed by atoms with Gasteiger partial charge in [0.1, 0.15) is 0 Å². The molecule has 0 spiro atoms. The van der Waals surface area contributed by atoms with Crippen molar-refractivity contribution in [2.24, 2.45) is 0 Å². The summed E-state index contributed by atoms with van der Waals surface area (Å²) in [7, 11) is 0. The number of rotatable bonds is 5. The molecule has 2 heterocycles. The van der Waals surface area contributed by atoms with E-state index in [1.165, 1.54) is 0 Å². The first kappa shape index (κ1) is 18.1. The highest BCUT2D eigenvalue weighted by atomic mass is 16.5. The first-order valence-corrected chi connectivity index (χ1v) is 8.38. The molecule has 1 fully saturated rings. The Bertz CT molecular complexity index is 681. The molecule has 0 unspecified atom stereocenters. The number of carbonyl (C=O) groups excluding carboxylic acids is 1. The van der Waals surface area contributed by atoms with Gasteiger partial charge in [0, 0.05) is 24.3 Å². The quantitative estimate of drug-likeness (QED) is 0.611. The van der Waals surface area contributed by atoms with Crippen LogP contribution in [0.1, 0.15) is 32.0 Å². The second-order valence-corrected chi connectivity index (χ2v) is 5.84. The summed E-state index contributed by atoms with van der Waals surface area (Å²) in [5.41, 5.74) is 5.06. The van der Waals surface area contributed by atoms with Crippen LogP contribution in [0, 0.1) is 6.92 Å². The van der Waals surface area contributed by atoms with Gasteiger partial charge < -0.3 is 9.64 Å². The minimum Gasteiger partial charge on any atom is -0.378 e. The third-order valence-corrected chi connectivity index (χ3v) is 4.04. The SMILES string of the molecule is C\C=C/C(=C\C(C)=O)C(=C/C)/c1cc(N2CCOCC2)cnc1C. The average molecular weight is 326 g/mol. The Balaban J connectivity index is 2.45. The van der Waals surface area contributed by atoms with E-state index < -0.39 is 0 Å². The number of ketones is 1. The van der Waals surface area contributed by atoms with Crippen molar-refractivity contribution in [2.75, 3.05) is 31.2 Å². The number of aromatic nitrogens is 1. The number of ether oxygens (including phenoxy) is 1. The Morgan fingerprint density at radius 1 is 1.29 bits per heavy atom. The summed E-state index contributed by atoms with van der Waals surface area (Å²) in [4.78, 5) is 18.5. The van der Waals surface area contributed by atoms with Crippen LogP contribution in [0.15, 0.2) is 42.1 Å². The van der Waals surface area contributed by atoms with Crippen LogP contribution < -0.4 is 4.90 Å². The summed E-state index contributed by atoms with van der Waals surface area (Å²) < 4.78 is 5.43. The van der Waals surface area contributed by atoms with Crippen molar-refractivity contribution in [3.05, 3.63) is 53.4 Å². The normalized spacial score (nSPS) is 16.8. The van der Waals surface area contributed by atoms with Gasteiger partial charge in [0.2, 0.25) is 0 Å². The number of carbonyl (C=O) groups is 1. The van der Waals surface area contributed by atoms with E-state index in [4.69, 9.17) is 4.74 Å². The van der Waals surface area contributed by atoms with Gasteiger partial charge in [0.25, 0.3) is 0 Å². The van der Waals surface area contributed by atoms with Crippen LogP contribution in [-0.2, 0) is 9.53 Å². The van der Waals surface area contributed by atoms with Crippen molar-refractivity contribution >= 4 is 17.0 Å². The minimum atomic E-state index is 0.0393. The van der Waals surface area contributed by atoms with Crippen molar-refractivity contribution in [3.8, 4) is 0 Å². The molecule has 4 heteroatoms. The van der Waals surface area contributed by atoms with Gasteiger partial charge in [-0.25, -0.2) is 0 Å². The van der Waals surface area contributed by atoms with Crippen LogP contribution in [-0.4, -0.2) is 37.1 Å². The van der Waals surface area contributed by atoms with E-state index in [2.05, 4.69) is 16.0 Å². The Morgan fingerprint density at radius 3 is 2.58 bits per heavy atom. The summed E-state index contributed by atoms with van der Waals surface area (Å²) in [6.07, 6.45) is 9.56. The number of hydrogen-bond acceptors (Lipinski definition) is 4. The summed E-state index contributed by atoms with van der Waals surface area (Å²) >= 11 is 0. The Labute approximate surface area is 144 Å². The molecule has 1 aromatic rings. The zero-order valence-electron chi connectivity index (χ0n) is 15.0. The van der Waals surface area contributed by atoms with Crippen molar-refractivity contribution in [3.63, 3.8) is 0 Å². The first-order valence-electron chi connectivity index (χ1n) is 8.38. The van der Waals surface area contributed by atoms with Gasteiger partial charge in [-0.05, 0) is 51.0 Å². The lowest BCUT2D eigenvalue weighted by Crippen LogP contribution is -2.36. The zero-order valence-corrected chi connectivity index (χ0v) is 15.0. The van der Waals surface area contributed by atoms with Crippen LogP contribution in [0.5, 0.6) is 0 Å². The molecule has 0 N–H and O–H groups in total. The van der Waals surface area contributed by atoms with E-state index in [0.29, 0.717) is 0 Å². The Morgan fingerprint density at radius 2 is 2.00 bits per heavy atom. The van der Waals surface area contributed by atoms with Crippen molar-refractivity contribution in [1.29, 1.82) is 0 Å². The maximum Gasteiger partial charge on any atom is 0.153 e. The number of pyridine rings is 1. The number of aryl methyl sites for hydroxylation is 1. The maximum absolute atomic E-state index is 11.6. The molecule has 24 heavy (non-hydrogen) atoms. The molecule has 0 bridgehead atoms. The fraction of sp³-hybridized carbons (Fsp3) is 0.400. The largest absolute Gasteiger partial charge is 0.378 e. The summed E-state index contributed by atoms with van der Waals surface area (Å²) in [6, 6.07) is 2.17. The van der Waals surface area contributed by atoms with Crippen molar-refractivity contribution in [2.45, 2.75) is 27.7 Å². The molecular weight excluding hydrogens is 300 g/mol. The Kier molecular flexibility index (Phi) is 6.50. The Hall–Kier alpha value is -2.20. The van der Waals surface area contributed by atoms with Crippen LogP contribution >= 0.6 is 0 Å². The molecule has 1 aliphatic heterocycles.